The van der Waals surface area contributed by atoms with Gasteiger partial charge >= 0.3 is 5.97 Å². The van der Waals surface area contributed by atoms with Crippen molar-refractivity contribution in [3.63, 3.8) is 0 Å². The Bertz CT molecular complexity index is 1120. The Kier molecular flexibility index (Phi) is 6.90. The minimum Gasteiger partial charge on any atom is -0.477 e. The lowest BCUT2D eigenvalue weighted by Gasteiger charge is -2.36. The van der Waals surface area contributed by atoms with E-state index in [1.54, 1.807) is 30.0 Å². The number of rotatable bonds is 8. The second-order valence-electron chi connectivity index (χ2n) is 8.63. The number of hydrogen-bond donors (Lipinski definition) is 1. The second-order valence-corrected chi connectivity index (χ2v) is 8.63. The summed E-state index contributed by atoms with van der Waals surface area (Å²) in [5, 5.41) is 15.4. The van der Waals surface area contributed by atoms with Gasteiger partial charge in [0, 0.05) is 46.4 Å². The number of fused-ring (bicyclic) bond motifs is 1. The van der Waals surface area contributed by atoms with Crippen molar-refractivity contribution in [3.05, 3.63) is 47.5 Å². The number of nitrogens with zero attached hydrogens (tertiary/aromatic N) is 5. The van der Waals surface area contributed by atoms with Gasteiger partial charge in [0.1, 0.15) is 5.82 Å². The van der Waals surface area contributed by atoms with Crippen LogP contribution in [0, 0.1) is 5.82 Å². The molecule has 8 nitrogen and oxygen atoms in total. The number of aromatic nitrogens is 3. The van der Waals surface area contributed by atoms with Gasteiger partial charge in [0.25, 0.3) is 0 Å². The molecule has 0 aliphatic carbocycles. The summed E-state index contributed by atoms with van der Waals surface area (Å²) < 4.78 is 20.3. The molecule has 4 rings (SSSR count). The number of aromatic carboxylic acids is 1. The molecule has 1 aromatic carbocycles. The predicted octanol–water partition coefficient (Wildman–Crippen LogP) is 3.54. The van der Waals surface area contributed by atoms with Gasteiger partial charge in [0.15, 0.2) is 11.3 Å². The van der Waals surface area contributed by atoms with Crippen LogP contribution in [0.15, 0.2) is 30.3 Å². The van der Waals surface area contributed by atoms with Crippen LogP contribution >= 0.6 is 0 Å². The van der Waals surface area contributed by atoms with Crippen LogP contribution in [0.5, 0.6) is 0 Å². The summed E-state index contributed by atoms with van der Waals surface area (Å²) in [5.41, 5.74) is 2.76. The summed E-state index contributed by atoms with van der Waals surface area (Å²) in [4.78, 5) is 21.0. The van der Waals surface area contributed by atoms with Crippen LogP contribution in [-0.2, 0) is 4.74 Å². The van der Waals surface area contributed by atoms with Gasteiger partial charge in [-0.2, -0.15) is 5.10 Å². The molecule has 33 heavy (non-hydrogen) atoms. The number of carboxylic acid groups (broad SMARTS) is 1. The van der Waals surface area contributed by atoms with E-state index in [1.807, 2.05) is 0 Å². The average Bonchev–Trinajstić information content (AvgIpc) is 3.20. The number of halogens is 1. The first-order chi connectivity index (χ1) is 15.9. The highest BCUT2D eigenvalue weighted by Gasteiger charge is 2.26. The third-order valence-electron chi connectivity index (χ3n) is 6.02. The van der Waals surface area contributed by atoms with Crippen LogP contribution in [0.2, 0.25) is 0 Å². The van der Waals surface area contributed by atoms with Gasteiger partial charge in [0.05, 0.1) is 22.5 Å². The molecule has 176 valence electrons. The molecule has 1 fully saturated rings. The van der Waals surface area contributed by atoms with E-state index >= 15 is 0 Å². The van der Waals surface area contributed by atoms with E-state index in [0.29, 0.717) is 11.3 Å². The van der Waals surface area contributed by atoms with Crippen LogP contribution in [-0.4, -0.2) is 77.2 Å². The number of ether oxygens (including phenoxy) is 1. The Morgan fingerprint density at radius 3 is 2.48 bits per heavy atom. The molecule has 0 spiro atoms. The van der Waals surface area contributed by atoms with Gasteiger partial charge in [-0.1, -0.05) is 13.8 Å². The molecule has 2 aromatic heterocycles. The number of carbonyl (C=O) groups is 1. The molecule has 3 heterocycles. The van der Waals surface area contributed by atoms with Crippen molar-refractivity contribution in [3.8, 4) is 5.69 Å². The molecular formula is C24H30FN5O3. The molecule has 0 amide bonds. The monoisotopic (exact) mass is 455 g/mol. The maximum Gasteiger partial charge on any atom is 0.354 e. The zero-order valence-electron chi connectivity index (χ0n) is 19.3. The summed E-state index contributed by atoms with van der Waals surface area (Å²) in [7, 11) is 1.71. The SMILES string of the molecule is COCCCN1CCN(c2cc(C(=O)O)nc3c2c(C(C)C)nn3-c2ccc(F)cc2)CC1. The number of carboxylic acids is 1. The lowest BCUT2D eigenvalue weighted by molar-refractivity contribution is 0.0691. The van der Waals surface area contributed by atoms with E-state index in [0.717, 1.165) is 62.5 Å². The second kappa shape index (κ2) is 9.84. The Morgan fingerprint density at radius 1 is 1.18 bits per heavy atom. The zero-order chi connectivity index (χ0) is 23.5. The molecule has 1 N–H and O–H groups in total. The van der Waals surface area contributed by atoms with E-state index in [4.69, 9.17) is 9.84 Å². The zero-order valence-corrected chi connectivity index (χ0v) is 19.3. The molecule has 0 radical (unpaired) electrons. The summed E-state index contributed by atoms with van der Waals surface area (Å²) in [6.07, 6.45) is 0.987. The first kappa shape index (κ1) is 23.1. The van der Waals surface area contributed by atoms with Crippen molar-refractivity contribution in [2.45, 2.75) is 26.2 Å². The van der Waals surface area contributed by atoms with E-state index < -0.39 is 5.97 Å². The summed E-state index contributed by atoms with van der Waals surface area (Å²) >= 11 is 0. The number of piperazine rings is 1. The van der Waals surface area contributed by atoms with Crippen LogP contribution in [0.4, 0.5) is 10.1 Å². The number of hydrogen-bond acceptors (Lipinski definition) is 6. The molecule has 0 unspecified atom stereocenters. The third kappa shape index (κ3) is 4.84. The molecule has 0 bridgehead atoms. The highest BCUT2D eigenvalue weighted by atomic mass is 19.1. The van der Waals surface area contributed by atoms with E-state index in [-0.39, 0.29) is 17.4 Å². The first-order valence-corrected chi connectivity index (χ1v) is 11.3. The van der Waals surface area contributed by atoms with Gasteiger partial charge in [-0.3, -0.25) is 4.90 Å². The fourth-order valence-electron chi connectivity index (χ4n) is 4.29. The largest absolute Gasteiger partial charge is 0.477 e. The summed E-state index contributed by atoms with van der Waals surface area (Å²) in [6, 6.07) is 7.64. The van der Waals surface area contributed by atoms with Gasteiger partial charge in [-0.15, -0.1) is 0 Å². The predicted molar refractivity (Wildman–Crippen MR) is 125 cm³/mol. The standard InChI is InChI=1S/C24H30FN5O3/c1-16(2)22-21-20(29-12-10-28(11-13-29)9-4-14-33-3)15-19(24(31)32)26-23(21)30(27-22)18-7-5-17(25)6-8-18/h5-8,15-16H,4,9-14H2,1-3H3,(H,31,32). The van der Waals surface area contributed by atoms with Gasteiger partial charge in [-0.25, -0.2) is 18.9 Å². The van der Waals surface area contributed by atoms with Crippen molar-refractivity contribution in [2.75, 3.05) is 51.3 Å². The Labute approximate surface area is 192 Å². The molecule has 1 aliphatic rings. The Hall–Kier alpha value is -3.04. The van der Waals surface area contributed by atoms with Crippen LogP contribution in [0.1, 0.15) is 42.4 Å². The van der Waals surface area contributed by atoms with E-state index in [2.05, 4.69) is 28.6 Å². The molecule has 9 heteroatoms. The Morgan fingerprint density at radius 2 is 1.88 bits per heavy atom. The van der Waals surface area contributed by atoms with Gasteiger partial charge in [-0.05, 0) is 42.7 Å². The molecule has 3 aromatic rings. The normalized spacial score (nSPS) is 15.0. The highest BCUT2D eigenvalue weighted by Crippen LogP contribution is 2.35. The maximum atomic E-state index is 13.5. The lowest BCUT2D eigenvalue weighted by atomic mass is 10.0. The molecule has 0 atom stereocenters. The summed E-state index contributed by atoms with van der Waals surface area (Å²) in [6.45, 7) is 9.17. The van der Waals surface area contributed by atoms with Crippen LogP contribution in [0.3, 0.4) is 0 Å². The van der Waals surface area contributed by atoms with E-state index in [1.165, 1.54) is 12.1 Å². The smallest absolute Gasteiger partial charge is 0.354 e. The van der Waals surface area contributed by atoms with Crippen molar-refractivity contribution in [2.24, 2.45) is 0 Å². The fourth-order valence-corrected chi connectivity index (χ4v) is 4.29. The maximum absolute atomic E-state index is 13.5. The third-order valence-corrected chi connectivity index (χ3v) is 6.02. The average molecular weight is 456 g/mol. The van der Waals surface area contributed by atoms with Crippen molar-refractivity contribution in [1.82, 2.24) is 19.7 Å². The quantitative estimate of drug-likeness (QED) is 0.520. The first-order valence-electron chi connectivity index (χ1n) is 11.3. The number of methoxy groups -OCH3 is 1. The number of pyridine rings is 1. The highest BCUT2D eigenvalue weighted by molar-refractivity contribution is 5.98. The number of anilines is 1. The van der Waals surface area contributed by atoms with Crippen molar-refractivity contribution in [1.29, 1.82) is 0 Å². The van der Waals surface area contributed by atoms with Gasteiger partial charge < -0.3 is 14.7 Å². The molecule has 1 aliphatic heterocycles. The summed E-state index contributed by atoms with van der Waals surface area (Å²) in [5.74, 6) is -1.34. The molecule has 0 saturated carbocycles. The van der Waals surface area contributed by atoms with Crippen molar-refractivity contribution < 1.29 is 19.0 Å². The van der Waals surface area contributed by atoms with Crippen LogP contribution < -0.4 is 4.90 Å². The lowest BCUT2D eigenvalue weighted by Crippen LogP contribution is -2.47. The topological polar surface area (TPSA) is 83.7 Å². The fraction of sp³-hybridized carbons (Fsp3) is 0.458. The van der Waals surface area contributed by atoms with Crippen molar-refractivity contribution >= 4 is 22.7 Å². The molecule has 1 saturated heterocycles. The van der Waals surface area contributed by atoms with Crippen LogP contribution in [0.25, 0.3) is 16.7 Å². The minimum atomic E-state index is -1.09. The number of benzene rings is 1. The Balaban J connectivity index is 1.77. The minimum absolute atomic E-state index is 0.0291. The molecular weight excluding hydrogens is 425 g/mol. The van der Waals surface area contributed by atoms with E-state index in [9.17, 15) is 14.3 Å². The van der Waals surface area contributed by atoms with Gasteiger partial charge in [0.2, 0.25) is 0 Å².